The van der Waals surface area contributed by atoms with E-state index in [0.717, 1.165) is 18.5 Å². The monoisotopic (exact) mass is 277 g/mol. The standard InChI is InChI=1S/C11H19N3OS.ClH/c1-4-11(5-2,7-12)9(15)14-10-13-8(3)6-16-10;/h6H,4-5,7,12H2,1-3H3,(H,13,14,15);1H. The molecule has 0 unspecified atom stereocenters. The molecule has 0 bridgehead atoms. The molecule has 1 aromatic heterocycles. The van der Waals surface area contributed by atoms with Crippen LogP contribution in [0.3, 0.4) is 0 Å². The topological polar surface area (TPSA) is 68.0 Å². The fraction of sp³-hybridized carbons (Fsp3) is 0.636. The van der Waals surface area contributed by atoms with E-state index in [0.29, 0.717) is 11.7 Å². The Morgan fingerprint density at radius 2 is 2.12 bits per heavy atom. The minimum atomic E-state index is -0.459. The number of anilines is 1. The van der Waals surface area contributed by atoms with Crippen molar-refractivity contribution in [1.29, 1.82) is 0 Å². The van der Waals surface area contributed by atoms with E-state index in [9.17, 15) is 4.79 Å². The summed E-state index contributed by atoms with van der Waals surface area (Å²) in [5.41, 5.74) is 6.17. The van der Waals surface area contributed by atoms with E-state index in [4.69, 9.17) is 5.73 Å². The van der Waals surface area contributed by atoms with Gasteiger partial charge in [0.05, 0.1) is 11.1 Å². The second-order valence-electron chi connectivity index (χ2n) is 3.94. The molecule has 4 nitrogen and oxygen atoms in total. The molecule has 1 aromatic rings. The van der Waals surface area contributed by atoms with E-state index in [2.05, 4.69) is 10.3 Å². The maximum absolute atomic E-state index is 12.1. The fourth-order valence-corrected chi connectivity index (χ4v) is 2.28. The number of nitrogens with two attached hydrogens (primary N) is 1. The summed E-state index contributed by atoms with van der Waals surface area (Å²) >= 11 is 1.44. The highest BCUT2D eigenvalue weighted by atomic mass is 35.5. The fourth-order valence-electron chi connectivity index (χ4n) is 1.59. The Kier molecular flexibility index (Phi) is 6.67. The number of halogens is 1. The van der Waals surface area contributed by atoms with Crippen LogP contribution < -0.4 is 11.1 Å². The number of thiazole rings is 1. The van der Waals surface area contributed by atoms with E-state index in [1.54, 1.807) is 0 Å². The molecule has 0 aliphatic heterocycles. The molecule has 0 radical (unpaired) electrons. The van der Waals surface area contributed by atoms with Crippen LogP contribution in [0.25, 0.3) is 0 Å². The largest absolute Gasteiger partial charge is 0.329 e. The Bertz CT molecular complexity index is 355. The lowest BCUT2D eigenvalue weighted by Gasteiger charge is -2.27. The van der Waals surface area contributed by atoms with Crippen molar-refractivity contribution in [2.24, 2.45) is 11.1 Å². The van der Waals surface area contributed by atoms with E-state index in [1.807, 2.05) is 26.2 Å². The van der Waals surface area contributed by atoms with Gasteiger partial charge in [-0.15, -0.1) is 23.7 Å². The predicted molar refractivity (Wildman–Crippen MR) is 74.8 cm³/mol. The molecule has 0 aliphatic carbocycles. The minimum absolute atomic E-state index is 0. The number of nitrogens with zero attached hydrogens (tertiary/aromatic N) is 1. The van der Waals surface area contributed by atoms with Crippen LogP contribution in [-0.2, 0) is 4.79 Å². The highest BCUT2D eigenvalue weighted by Crippen LogP contribution is 2.27. The van der Waals surface area contributed by atoms with Gasteiger partial charge in [0, 0.05) is 11.9 Å². The zero-order chi connectivity index (χ0) is 12.2. The quantitative estimate of drug-likeness (QED) is 0.869. The molecule has 0 saturated carbocycles. The molecule has 6 heteroatoms. The average Bonchev–Trinajstić information content (AvgIpc) is 2.67. The molecule has 0 saturated heterocycles. The molecule has 0 fully saturated rings. The van der Waals surface area contributed by atoms with Crippen LogP contribution >= 0.6 is 23.7 Å². The highest BCUT2D eigenvalue weighted by Gasteiger charge is 2.33. The van der Waals surface area contributed by atoms with E-state index in [-0.39, 0.29) is 18.3 Å². The summed E-state index contributed by atoms with van der Waals surface area (Å²) in [6.07, 6.45) is 1.49. The summed E-state index contributed by atoms with van der Waals surface area (Å²) in [5, 5.41) is 5.41. The van der Waals surface area contributed by atoms with Gasteiger partial charge in [0.15, 0.2) is 5.13 Å². The minimum Gasteiger partial charge on any atom is -0.329 e. The van der Waals surface area contributed by atoms with Gasteiger partial charge in [0.25, 0.3) is 0 Å². The first-order valence-corrected chi connectivity index (χ1v) is 6.39. The Labute approximate surface area is 112 Å². The van der Waals surface area contributed by atoms with Gasteiger partial charge in [-0.3, -0.25) is 4.79 Å². The van der Waals surface area contributed by atoms with Crippen LogP contribution in [0.5, 0.6) is 0 Å². The number of aryl methyl sites for hydroxylation is 1. The zero-order valence-electron chi connectivity index (χ0n) is 10.4. The number of hydrogen-bond acceptors (Lipinski definition) is 4. The number of carbonyl (C=O) groups is 1. The van der Waals surface area contributed by atoms with Gasteiger partial charge >= 0.3 is 0 Å². The molecule has 3 N–H and O–H groups in total. The maximum Gasteiger partial charge on any atom is 0.233 e. The van der Waals surface area contributed by atoms with Crippen molar-refractivity contribution in [3.8, 4) is 0 Å². The molecule has 0 aromatic carbocycles. The average molecular weight is 278 g/mol. The third-order valence-electron chi connectivity index (χ3n) is 3.07. The van der Waals surface area contributed by atoms with Gasteiger partial charge in [0.2, 0.25) is 5.91 Å². The molecule has 0 atom stereocenters. The number of rotatable bonds is 5. The van der Waals surface area contributed by atoms with Gasteiger partial charge in [-0.2, -0.15) is 0 Å². The van der Waals surface area contributed by atoms with Crippen molar-refractivity contribution in [3.05, 3.63) is 11.1 Å². The van der Waals surface area contributed by atoms with E-state index < -0.39 is 5.41 Å². The molecule has 1 rings (SSSR count). The van der Waals surface area contributed by atoms with Gasteiger partial charge < -0.3 is 11.1 Å². The predicted octanol–water partition coefficient (Wildman–Crippen LogP) is 2.58. The molecule has 0 aliphatic rings. The summed E-state index contributed by atoms with van der Waals surface area (Å²) in [4.78, 5) is 16.3. The Balaban J connectivity index is 0.00000256. The smallest absolute Gasteiger partial charge is 0.233 e. The zero-order valence-corrected chi connectivity index (χ0v) is 12.1. The Morgan fingerprint density at radius 1 is 1.53 bits per heavy atom. The lowest BCUT2D eigenvalue weighted by Crippen LogP contribution is -2.41. The normalized spacial score (nSPS) is 10.8. The van der Waals surface area contributed by atoms with Gasteiger partial charge in [-0.05, 0) is 19.8 Å². The number of aromatic nitrogens is 1. The molecule has 17 heavy (non-hydrogen) atoms. The first-order valence-electron chi connectivity index (χ1n) is 5.51. The Morgan fingerprint density at radius 3 is 2.47 bits per heavy atom. The first-order chi connectivity index (χ1) is 7.57. The number of nitrogens with one attached hydrogen (secondary N) is 1. The summed E-state index contributed by atoms with van der Waals surface area (Å²) in [6.45, 7) is 6.25. The molecular formula is C11H20ClN3OS. The van der Waals surface area contributed by atoms with Crippen LogP contribution in [0.2, 0.25) is 0 Å². The van der Waals surface area contributed by atoms with Crippen molar-refractivity contribution < 1.29 is 4.79 Å². The summed E-state index contributed by atoms with van der Waals surface area (Å²) < 4.78 is 0. The first kappa shape index (κ1) is 16.4. The lowest BCUT2D eigenvalue weighted by molar-refractivity contribution is -0.125. The van der Waals surface area contributed by atoms with Gasteiger partial charge in [-0.25, -0.2) is 4.98 Å². The van der Waals surface area contributed by atoms with Crippen molar-refractivity contribution in [3.63, 3.8) is 0 Å². The van der Waals surface area contributed by atoms with Crippen LogP contribution in [0, 0.1) is 12.3 Å². The number of amides is 1. The summed E-state index contributed by atoms with van der Waals surface area (Å²) in [7, 11) is 0. The van der Waals surface area contributed by atoms with Crippen molar-refractivity contribution >= 4 is 34.8 Å². The second-order valence-corrected chi connectivity index (χ2v) is 4.80. The van der Waals surface area contributed by atoms with Crippen LogP contribution in [0.4, 0.5) is 5.13 Å². The van der Waals surface area contributed by atoms with Gasteiger partial charge in [-0.1, -0.05) is 13.8 Å². The van der Waals surface area contributed by atoms with Crippen molar-refractivity contribution in [2.45, 2.75) is 33.6 Å². The molecule has 1 amide bonds. The van der Waals surface area contributed by atoms with Crippen LogP contribution in [-0.4, -0.2) is 17.4 Å². The molecule has 98 valence electrons. The van der Waals surface area contributed by atoms with Crippen molar-refractivity contribution in [1.82, 2.24) is 4.98 Å². The van der Waals surface area contributed by atoms with E-state index in [1.165, 1.54) is 11.3 Å². The summed E-state index contributed by atoms with van der Waals surface area (Å²) in [6, 6.07) is 0. The Hall–Kier alpha value is -0.650. The molecular weight excluding hydrogens is 258 g/mol. The van der Waals surface area contributed by atoms with E-state index >= 15 is 0 Å². The van der Waals surface area contributed by atoms with Crippen molar-refractivity contribution in [2.75, 3.05) is 11.9 Å². The van der Waals surface area contributed by atoms with Crippen LogP contribution in [0.15, 0.2) is 5.38 Å². The number of hydrogen-bond donors (Lipinski definition) is 2. The highest BCUT2D eigenvalue weighted by molar-refractivity contribution is 7.13. The lowest BCUT2D eigenvalue weighted by atomic mass is 9.81. The van der Waals surface area contributed by atoms with Gasteiger partial charge in [0.1, 0.15) is 0 Å². The molecule has 1 heterocycles. The van der Waals surface area contributed by atoms with Crippen LogP contribution in [0.1, 0.15) is 32.4 Å². The molecule has 0 spiro atoms. The maximum atomic E-state index is 12.1. The second kappa shape index (κ2) is 6.93. The number of carbonyl (C=O) groups excluding carboxylic acids is 1. The third-order valence-corrected chi connectivity index (χ3v) is 3.94. The third kappa shape index (κ3) is 3.66. The SMILES string of the molecule is CCC(CC)(CN)C(=O)Nc1nc(C)cs1.Cl. The summed E-state index contributed by atoms with van der Waals surface area (Å²) in [5.74, 6) is -0.0191.